The van der Waals surface area contributed by atoms with Gasteiger partial charge in [0.2, 0.25) is 0 Å². The molecule has 4 nitrogen and oxygen atoms in total. The number of carboxylic acid groups (broad SMARTS) is 1. The van der Waals surface area contributed by atoms with Gasteiger partial charge in [-0.1, -0.05) is 6.07 Å². The number of rotatable bonds is 5. The third-order valence-electron chi connectivity index (χ3n) is 2.73. The van der Waals surface area contributed by atoms with E-state index in [1.54, 1.807) is 20.8 Å². The molecule has 0 fully saturated rings. The zero-order valence-electron chi connectivity index (χ0n) is 10.7. The molecular weight excluding hydrogens is 272 g/mol. The van der Waals surface area contributed by atoms with Crippen molar-refractivity contribution in [2.24, 2.45) is 5.92 Å². The molecule has 1 N–H and O–H groups in total. The highest BCUT2D eigenvalue weighted by Crippen LogP contribution is 2.22. The normalized spacial score (nSPS) is 14.4. The summed E-state index contributed by atoms with van der Waals surface area (Å²) in [5.41, 5.74) is 0. The smallest absolute Gasteiger partial charge is 0.307 e. The van der Waals surface area contributed by atoms with Crippen LogP contribution < -0.4 is 0 Å². The van der Waals surface area contributed by atoms with Crippen LogP contribution >= 0.6 is 11.3 Å². The molecular formula is C12H18O4S2. The predicted molar refractivity (Wildman–Crippen MR) is 72.7 cm³/mol. The first-order valence-electron chi connectivity index (χ1n) is 5.61. The van der Waals surface area contributed by atoms with Gasteiger partial charge in [-0.3, -0.25) is 4.79 Å². The van der Waals surface area contributed by atoms with Crippen LogP contribution in [0, 0.1) is 5.92 Å². The molecule has 0 saturated carbocycles. The summed E-state index contributed by atoms with van der Waals surface area (Å²) in [5.74, 6) is -2.26. The molecule has 1 rings (SSSR count). The second-order valence-electron chi connectivity index (χ2n) is 5.21. The van der Waals surface area contributed by atoms with E-state index in [-0.39, 0.29) is 12.2 Å². The summed E-state index contributed by atoms with van der Waals surface area (Å²) in [6.45, 7) is 4.77. The molecule has 0 radical (unpaired) electrons. The molecule has 0 unspecified atom stereocenters. The first kappa shape index (κ1) is 15.2. The van der Waals surface area contributed by atoms with E-state index in [2.05, 4.69) is 0 Å². The average Bonchev–Trinajstić information content (AvgIpc) is 2.67. The third kappa shape index (κ3) is 3.81. The lowest BCUT2D eigenvalue weighted by Crippen LogP contribution is -2.36. The molecule has 0 aliphatic rings. The van der Waals surface area contributed by atoms with Gasteiger partial charge in [0.25, 0.3) is 0 Å². The van der Waals surface area contributed by atoms with Crippen molar-refractivity contribution in [2.75, 3.05) is 5.75 Å². The van der Waals surface area contributed by atoms with Crippen LogP contribution in [0.5, 0.6) is 0 Å². The van der Waals surface area contributed by atoms with Crippen LogP contribution in [0.15, 0.2) is 17.5 Å². The second-order valence-corrected chi connectivity index (χ2v) is 9.03. The van der Waals surface area contributed by atoms with Gasteiger partial charge in [-0.15, -0.1) is 11.3 Å². The lowest BCUT2D eigenvalue weighted by atomic mass is 10.1. The van der Waals surface area contributed by atoms with E-state index < -0.39 is 26.5 Å². The van der Waals surface area contributed by atoms with Crippen LogP contribution in [-0.4, -0.2) is 30.0 Å². The quantitative estimate of drug-likeness (QED) is 0.902. The first-order chi connectivity index (χ1) is 8.13. The number of carboxylic acids is 1. The summed E-state index contributed by atoms with van der Waals surface area (Å²) >= 11 is 1.44. The topological polar surface area (TPSA) is 71.4 Å². The number of aliphatic carboxylic acids is 1. The number of hydrogen-bond acceptors (Lipinski definition) is 4. The fraction of sp³-hybridized carbons (Fsp3) is 0.583. The maximum Gasteiger partial charge on any atom is 0.307 e. The van der Waals surface area contributed by atoms with Crippen LogP contribution in [0.2, 0.25) is 0 Å². The van der Waals surface area contributed by atoms with E-state index in [1.165, 1.54) is 11.3 Å². The fourth-order valence-corrected chi connectivity index (χ4v) is 3.48. The van der Waals surface area contributed by atoms with Gasteiger partial charge in [-0.05, 0) is 38.6 Å². The molecule has 0 aromatic carbocycles. The van der Waals surface area contributed by atoms with Crippen molar-refractivity contribution < 1.29 is 18.3 Å². The molecule has 1 atom stereocenters. The van der Waals surface area contributed by atoms with Crippen molar-refractivity contribution in [3.05, 3.63) is 22.4 Å². The number of carbonyl (C=O) groups is 1. The Morgan fingerprint density at radius 3 is 2.44 bits per heavy atom. The molecule has 18 heavy (non-hydrogen) atoms. The van der Waals surface area contributed by atoms with Crippen LogP contribution in [0.4, 0.5) is 0 Å². The van der Waals surface area contributed by atoms with Gasteiger partial charge in [0.15, 0.2) is 9.84 Å². The van der Waals surface area contributed by atoms with Gasteiger partial charge in [-0.2, -0.15) is 0 Å². The first-order valence-corrected chi connectivity index (χ1v) is 8.14. The zero-order valence-corrected chi connectivity index (χ0v) is 12.3. The Labute approximate surface area is 112 Å². The molecule has 6 heteroatoms. The van der Waals surface area contributed by atoms with Crippen molar-refractivity contribution in [3.63, 3.8) is 0 Å². The Kier molecular flexibility index (Phi) is 4.55. The second kappa shape index (κ2) is 5.40. The molecule has 102 valence electrons. The van der Waals surface area contributed by atoms with Gasteiger partial charge in [-0.25, -0.2) is 8.42 Å². The summed E-state index contributed by atoms with van der Waals surface area (Å²) in [4.78, 5) is 12.1. The number of thiophene rings is 1. The maximum atomic E-state index is 12.0. The van der Waals surface area contributed by atoms with Gasteiger partial charge < -0.3 is 5.11 Å². The van der Waals surface area contributed by atoms with Crippen LogP contribution in [0.25, 0.3) is 0 Å². The van der Waals surface area contributed by atoms with E-state index in [4.69, 9.17) is 5.11 Å². The number of sulfone groups is 1. The molecule has 0 bridgehead atoms. The molecule has 0 amide bonds. The minimum atomic E-state index is -3.42. The Bertz CT molecular complexity index is 495. The molecule has 1 aromatic rings. The summed E-state index contributed by atoms with van der Waals surface area (Å²) in [6.07, 6.45) is 0.266. The standard InChI is InChI=1S/C12H18O4S2/c1-12(2,3)18(15,16)8-9(11(13)14)7-10-5-4-6-17-10/h4-6,9H,7-8H2,1-3H3,(H,13,14)/t9-/m1/s1. The molecule has 1 heterocycles. The largest absolute Gasteiger partial charge is 0.481 e. The molecule has 0 aliphatic carbocycles. The highest BCUT2D eigenvalue weighted by molar-refractivity contribution is 7.92. The van der Waals surface area contributed by atoms with Crippen LogP contribution in [-0.2, 0) is 21.1 Å². The van der Waals surface area contributed by atoms with E-state index in [1.807, 2.05) is 17.5 Å². The van der Waals surface area contributed by atoms with E-state index in [0.29, 0.717) is 0 Å². The van der Waals surface area contributed by atoms with E-state index >= 15 is 0 Å². The summed E-state index contributed by atoms with van der Waals surface area (Å²) < 4.78 is 23.2. The van der Waals surface area contributed by atoms with E-state index in [0.717, 1.165) is 4.88 Å². The molecule has 0 spiro atoms. The third-order valence-corrected chi connectivity index (χ3v) is 6.34. The van der Waals surface area contributed by atoms with Gasteiger partial charge in [0.1, 0.15) is 0 Å². The minimum absolute atomic E-state index is 0.266. The van der Waals surface area contributed by atoms with Crippen molar-refractivity contribution in [3.8, 4) is 0 Å². The van der Waals surface area contributed by atoms with Gasteiger partial charge in [0.05, 0.1) is 16.4 Å². The summed E-state index contributed by atoms with van der Waals surface area (Å²) in [7, 11) is -3.42. The predicted octanol–water partition coefficient (Wildman–Crippen LogP) is 2.20. The zero-order chi connectivity index (χ0) is 14.0. The van der Waals surface area contributed by atoms with Crippen molar-refractivity contribution >= 4 is 27.1 Å². The van der Waals surface area contributed by atoms with Gasteiger partial charge in [0, 0.05) is 4.88 Å². The van der Waals surface area contributed by atoms with Crippen molar-refractivity contribution in [1.29, 1.82) is 0 Å². The molecule has 0 saturated heterocycles. The summed E-state index contributed by atoms with van der Waals surface area (Å²) in [6, 6.07) is 3.65. The monoisotopic (exact) mass is 290 g/mol. The Balaban J connectivity index is 2.86. The van der Waals surface area contributed by atoms with E-state index in [9.17, 15) is 13.2 Å². The fourth-order valence-electron chi connectivity index (χ4n) is 1.40. The Morgan fingerprint density at radius 1 is 1.44 bits per heavy atom. The van der Waals surface area contributed by atoms with Crippen molar-refractivity contribution in [1.82, 2.24) is 0 Å². The average molecular weight is 290 g/mol. The van der Waals surface area contributed by atoms with Crippen LogP contribution in [0.1, 0.15) is 25.6 Å². The number of hydrogen-bond donors (Lipinski definition) is 1. The lowest BCUT2D eigenvalue weighted by Gasteiger charge is -2.21. The summed E-state index contributed by atoms with van der Waals surface area (Å²) in [5, 5.41) is 11.0. The van der Waals surface area contributed by atoms with Crippen molar-refractivity contribution in [2.45, 2.75) is 31.9 Å². The SMILES string of the molecule is CC(C)(C)S(=O)(=O)C[C@@H](Cc1cccs1)C(=O)O. The highest BCUT2D eigenvalue weighted by atomic mass is 32.2. The van der Waals surface area contributed by atoms with Crippen LogP contribution in [0.3, 0.4) is 0 Å². The molecule has 1 aromatic heterocycles. The van der Waals surface area contributed by atoms with Gasteiger partial charge >= 0.3 is 5.97 Å². The lowest BCUT2D eigenvalue weighted by molar-refractivity contribution is -0.140. The maximum absolute atomic E-state index is 12.0. The minimum Gasteiger partial charge on any atom is -0.481 e. The molecule has 0 aliphatic heterocycles. The Hall–Kier alpha value is -0.880. The Morgan fingerprint density at radius 2 is 2.06 bits per heavy atom. The highest BCUT2D eigenvalue weighted by Gasteiger charge is 2.34.